The molecule has 0 aliphatic heterocycles. The highest BCUT2D eigenvalue weighted by atomic mass is 32.1. The van der Waals surface area contributed by atoms with Crippen LogP contribution in [0.25, 0.3) is 10.4 Å². The fourth-order valence-electron chi connectivity index (χ4n) is 1.52. The highest BCUT2D eigenvalue weighted by Gasteiger charge is 2.05. The fraction of sp³-hybridized carbons (Fsp3) is 0.438. The second-order valence-electron chi connectivity index (χ2n) is 3.68. The van der Waals surface area contributed by atoms with E-state index in [1.54, 1.807) is 11.3 Å². The van der Waals surface area contributed by atoms with Crippen LogP contribution in [0.15, 0.2) is 29.8 Å². The third-order valence-corrected chi connectivity index (χ3v) is 3.42. The molecule has 2 rings (SSSR count). The van der Waals surface area contributed by atoms with E-state index in [-0.39, 0.29) is 6.04 Å². The van der Waals surface area contributed by atoms with Crippen molar-refractivity contribution < 1.29 is 0 Å². The maximum Gasteiger partial charge on any atom is 0.0801 e. The first-order chi connectivity index (χ1) is 9.18. The SMILES string of the molecule is CC.CC.Cc1ncsc1-c1ccc(C(C)N)cc1. The van der Waals surface area contributed by atoms with Crippen LogP contribution in [0, 0.1) is 6.92 Å². The van der Waals surface area contributed by atoms with E-state index < -0.39 is 0 Å². The Bertz CT molecular complexity index is 444. The van der Waals surface area contributed by atoms with Crippen molar-refractivity contribution in [2.24, 2.45) is 5.73 Å². The summed E-state index contributed by atoms with van der Waals surface area (Å²) in [6, 6.07) is 8.48. The number of hydrogen-bond acceptors (Lipinski definition) is 3. The van der Waals surface area contributed by atoms with E-state index in [0.29, 0.717) is 0 Å². The van der Waals surface area contributed by atoms with E-state index in [2.05, 4.69) is 29.2 Å². The quantitative estimate of drug-likeness (QED) is 0.821. The van der Waals surface area contributed by atoms with Crippen LogP contribution in [0.4, 0.5) is 0 Å². The molecule has 2 aromatic rings. The van der Waals surface area contributed by atoms with Crippen LogP contribution in [-0.4, -0.2) is 4.98 Å². The number of aryl methyl sites for hydroxylation is 1. The molecule has 106 valence electrons. The smallest absolute Gasteiger partial charge is 0.0801 e. The van der Waals surface area contributed by atoms with Crippen LogP contribution < -0.4 is 5.73 Å². The fourth-order valence-corrected chi connectivity index (χ4v) is 2.33. The lowest BCUT2D eigenvalue weighted by atomic mass is 10.1. The summed E-state index contributed by atoms with van der Waals surface area (Å²) in [7, 11) is 0. The van der Waals surface area contributed by atoms with Crippen molar-refractivity contribution in [3.63, 3.8) is 0 Å². The molecule has 2 nitrogen and oxygen atoms in total. The van der Waals surface area contributed by atoms with Crippen LogP contribution in [0.5, 0.6) is 0 Å². The maximum atomic E-state index is 5.80. The Morgan fingerprint density at radius 2 is 1.58 bits per heavy atom. The highest BCUT2D eigenvalue weighted by Crippen LogP contribution is 2.27. The standard InChI is InChI=1S/C12H14N2S.2C2H6/c1-8(13)10-3-5-11(6-4-10)12-9(2)14-7-15-12;2*1-2/h3-8H,13H2,1-2H3;2*1-2H3. The number of benzene rings is 1. The molecule has 0 aliphatic carbocycles. The highest BCUT2D eigenvalue weighted by molar-refractivity contribution is 7.13. The molecule has 0 saturated carbocycles. The van der Waals surface area contributed by atoms with Gasteiger partial charge in [0.2, 0.25) is 0 Å². The summed E-state index contributed by atoms with van der Waals surface area (Å²) >= 11 is 1.67. The van der Waals surface area contributed by atoms with Gasteiger partial charge in [0.25, 0.3) is 0 Å². The molecule has 1 heterocycles. The number of nitrogens with two attached hydrogens (primary N) is 1. The van der Waals surface area contributed by atoms with Crippen LogP contribution >= 0.6 is 11.3 Å². The molecule has 0 bridgehead atoms. The Balaban J connectivity index is 0.000000741. The normalized spacial score (nSPS) is 10.7. The van der Waals surface area contributed by atoms with Gasteiger partial charge in [0, 0.05) is 6.04 Å². The first-order valence-corrected chi connectivity index (χ1v) is 7.82. The zero-order valence-corrected chi connectivity index (χ0v) is 13.7. The third kappa shape index (κ3) is 5.13. The number of thiazole rings is 1. The second-order valence-corrected chi connectivity index (χ2v) is 4.53. The van der Waals surface area contributed by atoms with E-state index in [1.165, 1.54) is 16.0 Å². The molecule has 1 atom stereocenters. The zero-order chi connectivity index (χ0) is 14.8. The number of rotatable bonds is 2. The maximum absolute atomic E-state index is 5.80. The Kier molecular flexibility index (Phi) is 9.09. The van der Waals surface area contributed by atoms with Gasteiger partial charge >= 0.3 is 0 Å². The molecular weight excluding hydrogens is 252 g/mol. The van der Waals surface area contributed by atoms with E-state index >= 15 is 0 Å². The molecule has 0 fully saturated rings. The van der Waals surface area contributed by atoms with E-state index in [9.17, 15) is 0 Å². The number of nitrogens with zero attached hydrogens (tertiary/aromatic N) is 1. The first-order valence-electron chi connectivity index (χ1n) is 6.94. The van der Waals surface area contributed by atoms with Gasteiger partial charge in [-0.1, -0.05) is 52.0 Å². The summed E-state index contributed by atoms with van der Waals surface area (Å²) in [5.74, 6) is 0. The van der Waals surface area contributed by atoms with Gasteiger partial charge in [-0.25, -0.2) is 4.98 Å². The summed E-state index contributed by atoms with van der Waals surface area (Å²) in [6.45, 7) is 12.0. The minimum atomic E-state index is 0.0987. The molecule has 1 aromatic carbocycles. The lowest BCUT2D eigenvalue weighted by Crippen LogP contribution is -2.04. The average Bonchev–Trinajstić information content (AvgIpc) is 2.89. The molecule has 1 unspecified atom stereocenters. The van der Waals surface area contributed by atoms with Crippen molar-refractivity contribution in [2.45, 2.75) is 47.6 Å². The Labute approximate surface area is 121 Å². The van der Waals surface area contributed by atoms with Crippen LogP contribution in [-0.2, 0) is 0 Å². The first kappa shape index (κ1) is 17.8. The number of aromatic nitrogens is 1. The van der Waals surface area contributed by atoms with Gasteiger partial charge in [-0.05, 0) is 25.0 Å². The van der Waals surface area contributed by atoms with Gasteiger partial charge in [0.15, 0.2) is 0 Å². The topological polar surface area (TPSA) is 38.9 Å². The lowest BCUT2D eigenvalue weighted by Gasteiger charge is -2.06. The van der Waals surface area contributed by atoms with Crippen molar-refractivity contribution >= 4 is 11.3 Å². The molecule has 19 heavy (non-hydrogen) atoms. The van der Waals surface area contributed by atoms with Gasteiger partial charge in [0.1, 0.15) is 0 Å². The molecule has 0 aliphatic rings. The van der Waals surface area contributed by atoms with Gasteiger partial charge in [-0.15, -0.1) is 11.3 Å². The predicted molar refractivity (Wildman–Crippen MR) is 87.6 cm³/mol. The van der Waals surface area contributed by atoms with Crippen molar-refractivity contribution in [3.05, 3.63) is 41.0 Å². The molecule has 0 radical (unpaired) electrons. The van der Waals surface area contributed by atoms with Gasteiger partial charge in [0.05, 0.1) is 16.1 Å². The van der Waals surface area contributed by atoms with Crippen molar-refractivity contribution in [1.82, 2.24) is 4.98 Å². The average molecular weight is 278 g/mol. The minimum Gasteiger partial charge on any atom is -0.324 e. The largest absolute Gasteiger partial charge is 0.324 e. The summed E-state index contributed by atoms with van der Waals surface area (Å²) < 4.78 is 0. The molecule has 0 saturated heterocycles. The van der Waals surface area contributed by atoms with Gasteiger partial charge in [-0.2, -0.15) is 0 Å². The molecule has 0 amide bonds. The summed E-state index contributed by atoms with van der Waals surface area (Å²) in [6.07, 6.45) is 0. The predicted octanol–water partition coefficient (Wildman–Crippen LogP) is 5.19. The van der Waals surface area contributed by atoms with Gasteiger partial charge in [-0.3, -0.25) is 0 Å². The molecule has 0 spiro atoms. The Morgan fingerprint density at radius 1 is 1.05 bits per heavy atom. The second kappa shape index (κ2) is 9.70. The zero-order valence-electron chi connectivity index (χ0n) is 12.9. The van der Waals surface area contributed by atoms with E-state index in [1.807, 2.05) is 47.1 Å². The summed E-state index contributed by atoms with van der Waals surface area (Å²) in [5, 5.41) is 0. The summed E-state index contributed by atoms with van der Waals surface area (Å²) in [4.78, 5) is 5.49. The number of hydrogen-bond donors (Lipinski definition) is 1. The van der Waals surface area contributed by atoms with Crippen molar-refractivity contribution in [1.29, 1.82) is 0 Å². The minimum absolute atomic E-state index is 0.0987. The van der Waals surface area contributed by atoms with Crippen LogP contribution in [0.1, 0.15) is 51.9 Å². The van der Waals surface area contributed by atoms with Crippen molar-refractivity contribution in [3.8, 4) is 10.4 Å². The molecule has 2 N–H and O–H groups in total. The van der Waals surface area contributed by atoms with E-state index in [0.717, 1.165) is 5.69 Å². The van der Waals surface area contributed by atoms with E-state index in [4.69, 9.17) is 5.73 Å². The summed E-state index contributed by atoms with van der Waals surface area (Å²) in [5.41, 5.74) is 11.2. The Morgan fingerprint density at radius 3 is 1.95 bits per heavy atom. The van der Waals surface area contributed by atoms with Crippen molar-refractivity contribution in [2.75, 3.05) is 0 Å². The monoisotopic (exact) mass is 278 g/mol. The van der Waals surface area contributed by atoms with Crippen LogP contribution in [0.2, 0.25) is 0 Å². The van der Waals surface area contributed by atoms with Gasteiger partial charge < -0.3 is 5.73 Å². The van der Waals surface area contributed by atoms with Crippen LogP contribution in [0.3, 0.4) is 0 Å². The third-order valence-electron chi connectivity index (χ3n) is 2.44. The molecule has 3 heteroatoms. The molecular formula is C16H26N2S. The molecule has 1 aromatic heterocycles. The lowest BCUT2D eigenvalue weighted by molar-refractivity contribution is 0.818. The Hall–Kier alpha value is -1.19.